The molecule has 0 fully saturated rings. The predicted molar refractivity (Wildman–Crippen MR) is 70.3 cm³/mol. The molecule has 0 spiro atoms. The molecule has 19 heavy (non-hydrogen) atoms. The van der Waals surface area contributed by atoms with Gasteiger partial charge in [0, 0.05) is 6.54 Å². The Morgan fingerprint density at radius 2 is 1.84 bits per heavy atom. The van der Waals surface area contributed by atoms with Crippen LogP contribution in [-0.4, -0.2) is 30.3 Å². The summed E-state index contributed by atoms with van der Waals surface area (Å²) >= 11 is 0. The zero-order valence-corrected chi connectivity index (χ0v) is 10.6. The average Bonchev–Trinajstić information content (AvgIpc) is 2.38. The average molecular weight is 266 g/mol. The Hall–Kier alpha value is -2.24. The molecule has 0 aliphatic heterocycles. The Morgan fingerprint density at radius 1 is 1.16 bits per heavy atom. The normalized spacial score (nSPS) is 9.89. The SMILES string of the molecule is NC(=O)NCCCCCOc1ccc(C(=O)O)cc1. The molecule has 0 heterocycles. The lowest BCUT2D eigenvalue weighted by Crippen LogP contribution is -2.30. The highest BCUT2D eigenvalue weighted by atomic mass is 16.5. The zero-order chi connectivity index (χ0) is 14.1. The van der Waals surface area contributed by atoms with Crippen molar-refractivity contribution >= 4 is 12.0 Å². The lowest BCUT2D eigenvalue weighted by molar-refractivity contribution is 0.0697. The van der Waals surface area contributed by atoms with E-state index in [1.807, 2.05) is 0 Å². The molecule has 1 aromatic rings. The van der Waals surface area contributed by atoms with Crippen LogP contribution >= 0.6 is 0 Å². The molecule has 0 aromatic heterocycles. The third-order valence-corrected chi connectivity index (χ3v) is 2.49. The van der Waals surface area contributed by atoms with Crippen molar-refractivity contribution in [2.45, 2.75) is 19.3 Å². The van der Waals surface area contributed by atoms with Gasteiger partial charge in [0.25, 0.3) is 0 Å². The topological polar surface area (TPSA) is 102 Å². The number of carboxylic acids is 1. The monoisotopic (exact) mass is 266 g/mol. The summed E-state index contributed by atoms with van der Waals surface area (Å²) in [5.74, 6) is -0.297. The maximum Gasteiger partial charge on any atom is 0.335 e. The van der Waals surface area contributed by atoms with Crippen LogP contribution < -0.4 is 15.8 Å². The van der Waals surface area contributed by atoms with Crippen LogP contribution in [0.5, 0.6) is 5.75 Å². The molecule has 0 aliphatic carbocycles. The molecule has 0 saturated carbocycles. The molecule has 6 nitrogen and oxygen atoms in total. The van der Waals surface area contributed by atoms with E-state index >= 15 is 0 Å². The van der Waals surface area contributed by atoms with Crippen LogP contribution in [0.3, 0.4) is 0 Å². The van der Waals surface area contributed by atoms with Crippen LogP contribution in [0, 0.1) is 0 Å². The minimum atomic E-state index is -0.950. The van der Waals surface area contributed by atoms with Crippen molar-refractivity contribution in [2.24, 2.45) is 5.73 Å². The van der Waals surface area contributed by atoms with Crippen LogP contribution in [-0.2, 0) is 0 Å². The fraction of sp³-hybridized carbons (Fsp3) is 0.385. The third-order valence-electron chi connectivity index (χ3n) is 2.49. The van der Waals surface area contributed by atoms with Gasteiger partial charge in [-0.25, -0.2) is 9.59 Å². The number of hydrogen-bond donors (Lipinski definition) is 3. The van der Waals surface area contributed by atoms with E-state index in [-0.39, 0.29) is 5.56 Å². The Labute approximate surface area is 111 Å². The van der Waals surface area contributed by atoms with E-state index in [0.717, 1.165) is 19.3 Å². The van der Waals surface area contributed by atoms with Gasteiger partial charge in [0.1, 0.15) is 5.75 Å². The molecular formula is C13H18N2O4. The number of carbonyl (C=O) groups is 2. The Balaban J connectivity index is 2.12. The molecule has 0 saturated heterocycles. The summed E-state index contributed by atoms with van der Waals surface area (Å²) in [4.78, 5) is 21.0. The lowest BCUT2D eigenvalue weighted by Gasteiger charge is -2.06. The summed E-state index contributed by atoms with van der Waals surface area (Å²) in [6.45, 7) is 1.13. The van der Waals surface area contributed by atoms with Gasteiger partial charge in [0.2, 0.25) is 0 Å². The van der Waals surface area contributed by atoms with Crippen LogP contribution in [0.15, 0.2) is 24.3 Å². The van der Waals surface area contributed by atoms with Crippen LogP contribution in [0.2, 0.25) is 0 Å². The molecule has 0 unspecified atom stereocenters. The van der Waals surface area contributed by atoms with Gasteiger partial charge in [-0.3, -0.25) is 0 Å². The standard InChI is InChI=1S/C13H18N2O4/c14-13(18)15-8-2-1-3-9-19-11-6-4-10(5-7-11)12(16)17/h4-7H,1-3,8-9H2,(H,16,17)(H3,14,15,18). The minimum Gasteiger partial charge on any atom is -0.494 e. The first-order valence-electron chi connectivity index (χ1n) is 6.09. The first kappa shape index (κ1) is 14.8. The highest BCUT2D eigenvalue weighted by Crippen LogP contribution is 2.12. The van der Waals surface area contributed by atoms with Gasteiger partial charge in [-0.1, -0.05) is 0 Å². The van der Waals surface area contributed by atoms with E-state index in [0.29, 0.717) is 18.9 Å². The van der Waals surface area contributed by atoms with Crippen LogP contribution in [0.25, 0.3) is 0 Å². The van der Waals surface area contributed by atoms with E-state index < -0.39 is 12.0 Å². The molecule has 2 amide bonds. The van der Waals surface area contributed by atoms with Crippen molar-refractivity contribution in [3.8, 4) is 5.75 Å². The number of amides is 2. The number of nitrogens with one attached hydrogen (secondary N) is 1. The largest absolute Gasteiger partial charge is 0.494 e. The molecule has 0 bridgehead atoms. The zero-order valence-electron chi connectivity index (χ0n) is 10.6. The third kappa shape index (κ3) is 6.30. The summed E-state index contributed by atoms with van der Waals surface area (Å²) < 4.78 is 5.46. The first-order chi connectivity index (χ1) is 9.09. The summed E-state index contributed by atoms with van der Waals surface area (Å²) in [6.07, 6.45) is 2.64. The number of aromatic carboxylic acids is 1. The number of carbonyl (C=O) groups excluding carboxylic acids is 1. The Bertz CT molecular complexity index is 417. The number of rotatable bonds is 8. The smallest absolute Gasteiger partial charge is 0.335 e. The van der Waals surface area contributed by atoms with Gasteiger partial charge in [-0.15, -0.1) is 0 Å². The molecule has 0 aliphatic rings. The predicted octanol–water partition coefficient (Wildman–Crippen LogP) is 1.60. The molecule has 6 heteroatoms. The summed E-state index contributed by atoms with van der Waals surface area (Å²) in [5, 5.41) is 11.2. The summed E-state index contributed by atoms with van der Waals surface area (Å²) in [5.41, 5.74) is 5.17. The van der Waals surface area contributed by atoms with Crippen molar-refractivity contribution in [1.82, 2.24) is 5.32 Å². The number of urea groups is 1. The van der Waals surface area contributed by atoms with Crippen LogP contribution in [0.4, 0.5) is 4.79 Å². The first-order valence-corrected chi connectivity index (χ1v) is 6.09. The van der Waals surface area contributed by atoms with Crippen LogP contribution in [0.1, 0.15) is 29.6 Å². The van der Waals surface area contributed by atoms with E-state index in [2.05, 4.69) is 5.32 Å². The maximum atomic E-state index is 10.6. The van der Waals surface area contributed by atoms with E-state index in [1.165, 1.54) is 12.1 Å². The maximum absolute atomic E-state index is 10.6. The number of hydrogen-bond acceptors (Lipinski definition) is 3. The van der Waals surface area contributed by atoms with Gasteiger partial charge in [0.05, 0.1) is 12.2 Å². The molecule has 1 aromatic carbocycles. The molecule has 104 valence electrons. The summed E-state index contributed by atoms with van der Waals surface area (Å²) in [6, 6.07) is 5.79. The Kier molecular flexibility index (Phi) is 6.21. The van der Waals surface area contributed by atoms with Gasteiger partial charge >= 0.3 is 12.0 Å². The quantitative estimate of drug-likeness (QED) is 0.622. The highest BCUT2D eigenvalue weighted by Gasteiger charge is 2.01. The van der Waals surface area contributed by atoms with E-state index in [4.69, 9.17) is 15.6 Å². The van der Waals surface area contributed by atoms with E-state index in [1.54, 1.807) is 12.1 Å². The van der Waals surface area contributed by atoms with Gasteiger partial charge in [-0.05, 0) is 43.5 Å². The van der Waals surface area contributed by atoms with Gasteiger partial charge in [0.15, 0.2) is 0 Å². The van der Waals surface area contributed by atoms with Crippen molar-refractivity contribution in [1.29, 1.82) is 0 Å². The Morgan fingerprint density at radius 3 is 2.42 bits per heavy atom. The second-order valence-electron chi connectivity index (χ2n) is 4.03. The molecule has 1 rings (SSSR count). The molecule has 0 atom stereocenters. The van der Waals surface area contributed by atoms with Gasteiger partial charge in [-0.2, -0.15) is 0 Å². The number of carboxylic acid groups (broad SMARTS) is 1. The number of nitrogens with two attached hydrogens (primary N) is 1. The van der Waals surface area contributed by atoms with E-state index in [9.17, 15) is 9.59 Å². The lowest BCUT2D eigenvalue weighted by atomic mass is 10.2. The number of benzene rings is 1. The van der Waals surface area contributed by atoms with Crippen molar-refractivity contribution in [3.05, 3.63) is 29.8 Å². The minimum absolute atomic E-state index is 0.241. The molecular weight excluding hydrogens is 248 g/mol. The van der Waals surface area contributed by atoms with Crippen molar-refractivity contribution in [3.63, 3.8) is 0 Å². The molecule has 4 N–H and O–H groups in total. The number of ether oxygens (including phenoxy) is 1. The number of primary amides is 1. The second-order valence-corrected chi connectivity index (χ2v) is 4.03. The van der Waals surface area contributed by atoms with Crippen molar-refractivity contribution in [2.75, 3.05) is 13.2 Å². The van der Waals surface area contributed by atoms with Crippen molar-refractivity contribution < 1.29 is 19.4 Å². The fourth-order valence-corrected chi connectivity index (χ4v) is 1.50. The highest BCUT2D eigenvalue weighted by molar-refractivity contribution is 5.87. The fourth-order valence-electron chi connectivity index (χ4n) is 1.50. The second kappa shape index (κ2) is 7.97. The van der Waals surface area contributed by atoms with Gasteiger partial charge < -0.3 is 20.9 Å². The number of unbranched alkanes of at least 4 members (excludes halogenated alkanes) is 2. The summed E-state index contributed by atoms with van der Waals surface area (Å²) in [7, 11) is 0. The molecule has 0 radical (unpaired) electrons.